The van der Waals surface area contributed by atoms with Gasteiger partial charge in [-0.15, -0.1) is 5.92 Å². The molecule has 0 aliphatic carbocycles. The lowest BCUT2D eigenvalue weighted by atomic mass is 9.96. The molecule has 39 heavy (non-hydrogen) atoms. The van der Waals surface area contributed by atoms with Gasteiger partial charge >= 0.3 is 0 Å². The number of benzene rings is 2. The zero-order chi connectivity index (χ0) is 27.4. The first-order valence-corrected chi connectivity index (χ1v) is 14.9. The Morgan fingerprint density at radius 1 is 0.590 bits per heavy atom. The predicted molar refractivity (Wildman–Crippen MR) is 168 cm³/mol. The van der Waals surface area contributed by atoms with Crippen molar-refractivity contribution in [2.75, 3.05) is 0 Å². The van der Waals surface area contributed by atoms with Crippen molar-refractivity contribution >= 4 is 0 Å². The van der Waals surface area contributed by atoms with Gasteiger partial charge in [-0.25, -0.2) is 4.98 Å². The first-order valence-electron chi connectivity index (χ1n) is 14.9. The molecule has 0 atom stereocenters. The van der Waals surface area contributed by atoms with E-state index in [1.54, 1.807) is 0 Å². The molecule has 0 radical (unpaired) electrons. The second kappa shape index (κ2) is 18.5. The Morgan fingerprint density at radius 3 is 1.82 bits per heavy atom. The van der Waals surface area contributed by atoms with Crippen LogP contribution in [-0.2, 0) is 6.42 Å². The van der Waals surface area contributed by atoms with Gasteiger partial charge in [0, 0.05) is 30.4 Å². The number of hydrogen-bond donors (Lipinski definition) is 0. The van der Waals surface area contributed by atoms with E-state index < -0.39 is 0 Å². The van der Waals surface area contributed by atoms with Crippen LogP contribution in [-0.4, -0.2) is 4.98 Å². The number of rotatable bonds is 13. The van der Waals surface area contributed by atoms with Crippen molar-refractivity contribution in [2.24, 2.45) is 0 Å². The van der Waals surface area contributed by atoms with Gasteiger partial charge in [0.05, 0.1) is 17.0 Å². The third-order valence-corrected chi connectivity index (χ3v) is 6.77. The van der Waals surface area contributed by atoms with Gasteiger partial charge in [-0.1, -0.05) is 144 Å². The summed E-state index contributed by atoms with van der Waals surface area (Å²) < 4.78 is 0. The number of aromatic nitrogens is 1. The highest BCUT2D eigenvalue weighted by molar-refractivity contribution is 5.74. The summed E-state index contributed by atoms with van der Waals surface area (Å²) in [5.41, 5.74) is 6.08. The first kappa shape index (κ1) is 29.8. The highest BCUT2D eigenvalue weighted by Crippen LogP contribution is 2.29. The smallest absolute Gasteiger partial charge is 0.0869 e. The lowest BCUT2D eigenvalue weighted by Crippen LogP contribution is -1.99. The minimum Gasteiger partial charge on any atom is -0.246 e. The molecule has 1 aromatic heterocycles. The molecule has 1 heterocycles. The largest absolute Gasteiger partial charge is 0.246 e. The van der Waals surface area contributed by atoms with Crippen LogP contribution in [0.1, 0.15) is 102 Å². The van der Waals surface area contributed by atoms with Crippen molar-refractivity contribution in [1.29, 1.82) is 0 Å². The van der Waals surface area contributed by atoms with E-state index >= 15 is 0 Å². The molecule has 0 spiro atoms. The van der Waals surface area contributed by atoms with E-state index in [1.807, 2.05) is 12.1 Å². The molecule has 0 N–H and O–H groups in total. The van der Waals surface area contributed by atoms with Crippen molar-refractivity contribution in [3.8, 4) is 58.0 Å². The minimum absolute atomic E-state index is 0.659. The Bertz CT molecular complexity index is 1300. The van der Waals surface area contributed by atoms with Gasteiger partial charge in [-0.2, -0.15) is 0 Å². The van der Waals surface area contributed by atoms with Gasteiger partial charge in [-0.05, 0) is 36.3 Å². The summed E-state index contributed by atoms with van der Waals surface area (Å²) in [5, 5.41) is 0. The van der Waals surface area contributed by atoms with Crippen LogP contribution < -0.4 is 0 Å². The van der Waals surface area contributed by atoms with E-state index in [0.29, 0.717) is 6.42 Å². The molecule has 0 saturated carbocycles. The Balaban J connectivity index is 1.90. The van der Waals surface area contributed by atoms with Crippen LogP contribution in [0.5, 0.6) is 0 Å². The molecule has 0 amide bonds. The number of unbranched alkanes of at least 4 members (excludes halogenated alkanes) is 10. The van der Waals surface area contributed by atoms with Crippen molar-refractivity contribution in [3.05, 3.63) is 77.9 Å². The number of hydrogen-bond acceptors (Lipinski definition) is 1. The van der Waals surface area contributed by atoms with Crippen LogP contribution in [0, 0.1) is 35.5 Å². The summed E-state index contributed by atoms with van der Waals surface area (Å²) in [4.78, 5) is 5.12. The summed E-state index contributed by atoms with van der Waals surface area (Å²) in [6.45, 7) is 4.50. The van der Waals surface area contributed by atoms with Gasteiger partial charge in [-0.3, -0.25) is 0 Å². The predicted octanol–water partition coefficient (Wildman–Crippen LogP) is 10.0. The molecule has 200 valence electrons. The molecule has 2 aromatic carbocycles. The summed E-state index contributed by atoms with van der Waals surface area (Å²) in [7, 11) is 0. The minimum atomic E-state index is 0.659. The van der Waals surface area contributed by atoms with E-state index in [2.05, 4.69) is 104 Å². The Labute approximate surface area is 237 Å². The summed E-state index contributed by atoms with van der Waals surface area (Å²) in [5.74, 6) is 19.8. The fraction of sp³-hybridized carbons (Fsp3) is 0.395. The maximum Gasteiger partial charge on any atom is 0.0869 e. The van der Waals surface area contributed by atoms with Crippen LogP contribution in [0.25, 0.3) is 22.5 Å². The van der Waals surface area contributed by atoms with E-state index in [9.17, 15) is 0 Å². The Morgan fingerprint density at radius 2 is 1.18 bits per heavy atom. The Kier molecular flexibility index (Phi) is 14.2. The lowest BCUT2D eigenvalue weighted by Gasteiger charge is -2.12. The molecule has 0 aliphatic rings. The van der Waals surface area contributed by atoms with E-state index in [0.717, 1.165) is 52.9 Å². The quantitative estimate of drug-likeness (QED) is 0.164. The first-order chi connectivity index (χ1) is 19.3. The zero-order valence-corrected chi connectivity index (χ0v) is 24.0. The summed E-state index contributed by atoms with van der Waals surface area (Å²) >= 11 is 0. The van der Waals surface area contributed by atoms with Gasteiger partial charge in [0.25, 0.3) is 0 Å². The van der Waals surface area contributed by atoms with Crippen LogP contribution >= 0.6 is 0 Å². The van der Waals surface area contributed by atoms with Gasteiger partial charge < -0.3 is 0 Å². The molecule has 0 bridgehead atoms. The van der Waals surface area contributed by atoms with Crippen molar-refractivity contribution in [3.63, 3.8) is 0 Å². The fourth-order valence-electron chi connectivity index (χ4n) is 4.52. The molecule has 0 aliphatic heterocycles. The summed E-state index contributed by atoms with van der Waals surface area (Å²) in [6.07, 6.45) is 15.1. The van der Waals surface area contributed by atoms with E-state index in [-0.39, 0.29) is 0 Å². The normalized spacial score (nSPS) is 10.0. The van der Waals surface area contributed by atoms with Crippen LogP contribution in [0.3, 0.4) is 0 Å². The van der Waals surface area contributed by atoms with Crippen molar-refractivity contribution < 1.29 is 0 Å². The van der Waals surface area contributed by atoms with Crippen LogP contribution in [0.2, 0.25) is 0 Å². The standard InChI is InChI=1S/C38H43N/c1-3-5-7-9-11-13-15-17-25-31-36-35(30-20-16-14-12-10-8-6-4-2)32-37(33-26-21-18-22-27-33)39-38(36)34-28-23-19-24-29-34/h18-19,21-24,26-29,32H,3-14,30H2,1-2H3. The molecule has 1 heteroatoms. The molecular weight excluding hydrogens is 470 g/mol. The highest BCUT2D eigenvalue weighted by atomic mass is 14.7. The highest BCUT2D eigenvalue weighted by Gasteiger charge is 2.14. The third kappa shape index (κ3) is 10.9. The second-order valence-corrected chi connectivity index (χ2v) is 10.0. The molecule has 3 aromatic rings. The molecule has 0 fully saturated rings. The maximum atomic E-state index is 5.12. The van der Waals surface area contributed by atoms with Gasteiger partial charge in [0.15, 0.2) is 0 Å². The molecule has 0 unspecified atom stereocenters. The zero-order valence-electron chi connectivity index (χ0n) is 24.0. The molecule has 0 saturated heterocycles. The fourth-order valence-corrected chi connectivity index (χ4v) is 4.52. The SMILES string of the molecule is CCCCCCCC#CC#Cc1c(CC#CCCCCCCC)cc(-c2ccccc2)nc1-c1ccccc1. The van der Waals surface area contributed by atoms with Crippen molar-refractivity contribution in [1.82, 2.24) is 4.98 Å². The average molecular weight is 514 g/mol. The van der Waals surface area contributed by atoms with E-state index in [1.165, 1.54) is 57.8 Å². The lowest BCUT2D eigenvalue weighted by molar-refractivity contribution is 0.641. The number of nitrogens with zero attached hydrogens (tertiary/aromatic N) is 1. The Hall–Kier alpha value is -3.73. The van der Waals surface area contributed by atoms with E-state index in [4.69, 9.17) is 4.98 Å². The van der Waals surface area contributed by atoms with Crippen LogP contribution in [0.4, 0.5) is 0 Å². The van der Waals surface area contributed by atoms with Crippen LogP contribution in [0.15, 0.2) is 66.7 Å². The maximum absolute atomic E-state index is 5.12. The molecule has 1 nitrogen and oxygen atoms in total. The third-order valence-electron chi connectivity index (χ3n) is 6.77. The average Bonchev–Trinajstić information content (AvgIpc) is 2.98. The van der Waals surface area contributed by atoms with Gasteiger partial charge in [0.1, 0.15) is 0 Å². The monoisotopic (exact) mass is 513 g/mol. The topological polar surface area (TPSA) is 12.9 Å². The number of pyridine rings is 1. The van der Waals surface area contributed by atoms with Crippen molar-refractivity contribution in [2.45, 2.75) is 97.3 Å². The second-order valence-electron chi connectivity index (χ2n) is 10.0. The summed E-state index contributed by atoms with van der Waals surface area (Å²) in [6, 6.07) is 22.9. The molecule has 3 rings (SSSR count). The molecular formula is C38H43N. The van der Waals surface area contributed by atoms with Gasteiger partial charge in [0.2, 0.25) is 0 Å².